The molecule has 0 bridgehead atoms. The van der Waals surface area contributed by atoms with Gasteiger partial charge in [0.1, 0.15) is 10.6 Å². The molecule has 0 fully saturated rings. The first-order valence-electron chi connectivity index (χ1n) is 9.35. The number of hydrogen-bond acceptors (Lipinski definition) is 6. The van der Waals surface area contributed by atoms with Crippen molar-refractivity contribution >= 4 is 52.9 Å². The van der Waals surface area contributed by atoms with Gasteiger partial charge < -0.3 is 14.5 Å². The number of esters is 1. The number of hydrogen-bond donors (Lipinski definition) is 2. The molecule has 3 rings (SSSR count). The Morgan fingerprint density at radius 1 is 1.13 bits per heavy atom. The summed E-state index contributed by atoms with van der Waals surface area (Å²) in [6.07, 6.45) is 1.39. The van der Waals surface area contributed by atoms with Crippen LogP contribution in [-0.4, -0.2) is 24.7 Å². The summed E-state index contributed by atoms with van der Waals surface area (Å²) in [5.74, 6) is -0.821. The Morgan fingerprint density at radius 2 is 1.90 bits per heavy atom. The third kappa shape index (κ3) is 6.10. The Morgan fingerprint density at radius 3 is 2.61 bits per heavy atom. The molecule has 9 heteroatoms. The second kappa shape index (κ2) is 10.7. The van der Waals surface area contributed by atoms with Gasteiger partial charge in [-0.15, -0.1) is 0 Å². The second-order valence-electron chi connectivity index (χ2n) is 6.30. The molecule has 0 saturated heterocycles. The fraction of sp³-hybridized carbons (Fsp3) is 0.136. The van der Waals surface area contributed by atoms with Gasteiger partial charge in [0, 0.05) is 10.7 Å². The predicted molar refractivity (Wildman–Crippen MR) is 120 cm³/mol. The number of carbonyl (C=O) groups is 2. The third-order valence-corrected chi connectivity index (χ3v) is 4.63. The van der Waals surface area contributed by atoms with E-state index in [1.807, 2.05) is 30.3 Å². The summed E-state index contributed by atoms with van der Waals surface area (Å²) in [6, 6.07) is 16.1. The molecule has 0 unspecified atom stereocenters. The summed E-state index contributed by atoms with van der Waals surface area (Å²) in [5, 5.41) is 7.34. The van der Waals surface area contributed by atoms with Gasteiger partial charge >= 0.3 is 5.97 Å². The minimum atomic E-state index is -0.659. The molecular formula is C22H19Cl2N3O4. The SMILES string of the molecule is CCOC(=O)c1c(Nc2cccc(Cl)c2)oc(/C=N/NC(=O)Cc2ccccc2)c1Cl. The highest BCUT2D eigenvalue weighted by Crippen LogP contribution is 2.34. The van der Waals surface area contributed by atoms with Gasteiger partial charge in [0.2, 0.25) is 11.8 Å². The lowest BCUT2D eigenvalue weighted by atomic mass is 10.1. The van der Waals surface area contributed by atoms with E-state index in [-0.39, 0.29) is 41.2 Å². The van der Waals surface area contributed by atoms with Gasteiger partial charge in [0.25, 0.3) is 0 Å². The maximum absolute atomic E-state index is 12.4. The number of ether oxygens (including phenoxy) is 1. The van der Waals surface area contributed by atoms with E-state index in [1.54, 1.807) is 31.2 Å². The summed E-state index contributed by atoms with van der Waals surface area (Å²) in [5.41, 5.74) is 3.86. The van der Waals surface area contributed by atoms with Crippen LogP contribution in [0.4, 0.5) is 11.6 Å². The minimum absolute atomic E-state index is 0.00374. The molecule has 0 aliphatic carbocycles. The van der Waals surface area contributed by atoms with Crippen molar-refractivity contribution in [1.82, 2.24) is 5.43 Å². The number of hydrazone groups is 1. The Kier molecular flexibility index (Phi) is 7.70. The summed E-state index contributed by atoms with van der Waals surface area (Å²) in [4.78, 5) is 24.4. The maximum atomic E-state index is 12.4. The van der Waals surface area contributed by atoms with Crippen molar-refractivity contribution in [2.24, 2.45) is 5.10 Å². The normalized spacial score (nSPS) is 10.8. The van der Waals surface area contributed by atoms with Crippen molar-refractivity contribution < 1.29 is 18.7 Å². The van der Waals surface area contributed by atoms with E-state index in [9.17, 15) is 9.59 Å². The summed E-state index contributed by atoms with van der Waals surface area (Å²) >= 11 is 12.3. The molecule has 0 spiro atoms. The highest BCUT2D eigenvalue weighted by Gasteiger charge is 2.25. The molecule has 3 aromatic rings. The van der Waals surface area contributed by atoms with Crippen molar-refractivity contribution in [2.75, 3.05) is 11.9 Å². The van der Waals surface area contributed by atoms with E-state index >= 15 is 0 Å². The molecule has 160 valence electrons. The lowest BCUT2D eigenvalue weighted by Gasteiger charge is -2.06. The van der Waals surface area contributed by atoms with Crippen LogP contribution in [0.1, 0.15) is 28.6 Å². The Hall–Kier alpha value is -3.29. The predicted octanol–water partition coefficient (Wildman–Crippen LogP) is 5.20. The van der Waals surface area contributed by atoms with Crippen LogP contribution in [0.5, 0.6) is 0 Å². The van der Waals surface area contributed by atoms with E-state index in [0.29, 0.717) is 10.7 Å². The van der Waals surface area contributed by atoms with Crippen molar-refractivity contribution in [3.05, 3.63) is 81.5 Å². The fourth-order valence-electron chi connectivity index (χ4n) is 2.67. The van der Waals surface area contributed by atoms with Crippen molar-refractivity contribution in [2.45, 2.75) is 13.3 Å². The molecule has 0 radical (unpaired) electrons. The lowest BCUT2D eigenvalue weighted by molar-refractivity contribution is -0.120. The number of benzene rings is 2. The summed E-state index contributed by atoms with van der Waals surface area (Å²) < 4.78 is 10.7. The summed E-state index contributed by atoms with van der Waals surface area (Å²) in [6.45, 7) is 1.84. The van der Waals surface area contributed by atoms with E-state index in [0.717, 1.165) is 5.56 Å². The maximum Gasteiger partial charge on any atom is 0.345 e. The van der Waals surface area contributed by atoms with E-state index in [2.05, 4.69) is 15.8 Å². The highest BCUT2D eigenvalue weighted by molar-refractivity contribution is 6.36. The fourth-order valence-corrected chi connectivity index (χ4v) is 3.11. The molecule has 0 saturated carbocycles. The third-order valence-electron chi connectivity index (χ3n) is 4.02. The minimum Gasteiger partial charge on any atom is -0.462 e. The van der Waals surface area contributed by atoms with E-state index in [4.69, 9.17) is 32.4 Å². The molecule has 1 heterocycles. The number of nitrogens with one attached hydrogen (secondary N) is 2. The van der Waals surface area contributed by atoms with Crippen molar-refractivity contribution in [1.29, 1.82) is 0 Å². The molecule has 1 aromatic heterocycles. The quantitative estimate of drug-likeness (QED) is 0.274. The topological polar surface area (TPSA) is 92.9 Å². The van der Waals surface area contributed by atoms with Crippen LogP contribution in [0.15, 0.2) is 64.1 Å². The number of anilines is 2. The Labute approximate surface area is 189 Å². The molecule has 0 aliphatic heterocycles. The largest absolute Gasteiger partial charge is 0.462 e. The average molecular weight is 460 g/mol. The molecule has 31 heavy (non-hydrogen) atoms. The van der Waals surface area contributed by atoms with E-state index < -0.39 is 5.97 Å². The van der Waals surface area contributed by atoms with Crippen LogP contribution in [0.2, 0.25) is 10.0 Å². The zero-order valence-corrected chi connectivity index (χ0v) is 18.0. The molecule has 0 atom stereocenters. The van der Waals surface area contributed by atoms with Gasteiger partial charge in [0.15, 0.2) is 5.76 Å². The standard InChI is InChI=1S/C22H19Cl2N3O4/c1-2-30-22(29)19-20(24)17(31-21(19)26-16-10-6-9-15(23)12-16)13-25-27-18(28)11-14-7-4-3-5-8-14/h3-10,12-13,26H,2,11H2,1H3,(H,27,28)/b25-13+. The number of carbonyl (C=O) groups excluding carboxylic acids is 2. The molecule has 2 N–H and O–H groups in total. The van der Waals surface area contributed by atoms with E-state index in [1.165, 1.54) is 6.21 Å². The molecule has 1 amide bonds. The molecule has 2 aromatic carbocycles. The van der Waals surface area contributed by atoms with Crippen LogP contribution in [-0.2, 0) is 16.0 Å². The smallest absolute Gasteiger partial charge is 0.345 e. The number of halogens is 2. The van der Waals surface area contributed by atoms with Gasteiger partial charge in [-0.1, -0.05) is 59.6 Å². The average Bonchev–Trinajstić information content (AvgIpc) is 3.04. The van der Waals surface area contributed by atoms with Crippen LogP contribution >= 0.6 is 23.2 Å². The van der Waals surface area contributed by atoms with Gasteiger partial charge in [-0.2, -0.15) is 5.10 Å². The van der Waals surface area contributed by atoms with Crippen LogP contribution in [0, 0.1) is 0 Å². The zero-order chi connectivity index (χ0) is 22.2. The zero-order valence-electron chi connectivity index (χ0n) is 16.5. The number of furan rings is 1. The first-order chi connectivity index (χ1) is 15.0. The van der Waals surface area contributed by atoms with Crippen LogP contribution in [0.3, 0.4) is 0 Å². The van der Waals surface area contributed by atoms with Crippen LogP contribution < -0.4 is 10.7 Å². The van der Waals surface area contributed by atoms with Crippen molar-refractivity contribution in [3.63, 3.8) is 0 Å². The number of amides is 1. The Balaban J connectivity index is 1.78. The monoisotopic (exact) mass is 459 g/mol. The van der Waals surface area contributed by atoms with Crippen LogP contribution in [0.25, 0.3) is 0 Å². The van der Waals surface area contributed by atoms with Gasteiger partial charge in [-0.25, -0.2) is 10.2 Å². The van der Waals surface area contributed by atoms with Gasteiger partial charge in [0.05, 0.1) is 19.2 Å². The lowest BCUT2D eigenvalue weighted by Crippen LogP contribution is -2.19. The number of nitrogens with zero attached hydrogens (tertiary/aromatic N) is 1. The molecule has 7 nitrogen and oxygen atoms in total. The Bertz CT molecular complexity index is 1100. The van der Waals surface area contributed by atoms with Gasteiger partial charge in [-0.05, 0) is 30.7 Å². The molecule has 0 aliphatic rings. The number of rotatable bonds is 8. The second-order valence-corrected chi connectivity index (χ2v) is 7.11. The first kappa shape index (κ1) is 22.4. The van der Waals surface area contributed by atoms with Crippen molar-refractivity contribution in [3.8, 4) is 0 Å². The first-order valence-corrected chi connectivity index (χ1v) is 10.1. The molecular weight excluding hydrogens is 441 g/mol. The highest BCUT2D eigenvalue weighted by atomic mass is 35.5. The van der Waals surface area contributed by atoms with Gasteiger partial charge in [-0.3, -0.25) is 4.79 Å². The summed E-state index contributed by atoms with van der Waals surface area (Å²) in [7, 11) is 0.